The van der Waals surface area contributed by atoms with Crippen LogP contribution in [0.2, 0.25) is 0 Å². The third-order valence-electron chi connectivity index (χ3n) is 5.08. The van der Waals surface area contributed by atoms with Gasteiger partial charge in [-0.2, -0.15) is 0 Å². The van der Waals surface area contributed by atoms with Crippen molar-refractivity contribution in [2.24, 2.45) is 0 Å². The highest BCUT2D eigenvalue weighted by atomic mass is 32.2. The summed E-state index contributed by atoms with van der Waals surface area (Å²) in [4.78, 5) is 12.7. The van der Waals surface area contributed by atoms with Crippen molar-refractivity contribution in [1.82, 2.24) is 5.32 Å². The fourth-order valence-corrected chi connectivity index (χ4v) is 4.55. The highest BCUT2D eigenvalue weighted by Gasteiger charge is 2.28. The summed E-state index contributed by atoms with van der Waals surface area (Å²) in [5.41, 5.74) is 2.64. The molecule has 0 spiro atoms. The Hall–Kier alpha value is -2.74. The van der Waals surface area contributed by atoms with Crippen LogP contribution in [0.1, 0.15) is 31.4 Å². The van der Waals surface area contributed by atoms with Gasteiger partial charge in [-0.05, 0) is 61.6 Å². The van der Waals surface area contributed by atoms with Gasteiger partial charge in [-0.3, -0.25) is 9.10 Å². The number of benzene rings is 2. The van der Waals surface area contributed by atoms with Gasteiger partial charge in [0.1, 0.15) is 6.04 Å². The third kappa shape index (κ3) is 6.62. The molecule has 2 aromatic rings. The minimum absolute atomic E-state index is 0.336. The molecule has 0 aliphatic rings. The lowest BCUT2D eigenvalue weighted by molar-refractivity contribution is -0.121. The summed E-state index contributed by atoms with van der Waals surface area (Å²) in [5.74, 6) is 0.995. The minimum atomic E-state index is -3.62. The van der Waals surface area contributed by atoms with Crippen molar-refractivity contribution in [3.8, 4) is 11.5 Å². The number of nitrogens with one attached hydrogen (secondary N) is 1. The number of methoxy groups -OCH3 is 2. The molecule has 2 rings (SSSR count). The van der Waals surface area contributed by atoms with Crippen LogP contribution in [0.5, 0.6) is 11.5 Å². The number of amides is 1. The number of rotatable bonds is 11. The Balaban J connectivity index is 1.98. The lowest BCUT2D eigenvalue weighted by atomic mass is 10.1. The number of nitrogens with zero attached hydrogens (tertiary/aromatic N) is 1. The van der Waals surface area contributed by atoms with E-state index in [9.17, 15) is 13.2 Å². The van der Waals surface area contributed by atoms with E-state index in [1.165, 1.54) is 0 Å². The predicted molar refractivity (Wildman–Crippen MR) is 123 cm³/mol. The topological polar surface area (TPSA) is 84.9 Å². The fraction of sp³-hybridized carbons (Fsp3) is 0.435. The normalized spacial score (nSPS) is 12.2. The summed E-state index contributed by atoms with van der Waals surface area (Å²) in [7, 11) is -0.444. The molecule has 1 amide bonds. The summed E-state index contributed by atoms with van der Waals surface area (Å²) in [6.45, 7) is 4.06. The van der Waals surface area contributed by atoms with Gasteiger partial charge in [0, 0.05) is 6.54 Å². The summed E-state index contributed by atoms with van der Waals surface area (Å²) in [6, 6.07) is 12.1. The first-order valence-electron chi connectivity index (χ1n) is 10.3. The Morgan fingerprint density at radius 3 is 2.19 bits per heavy atom. The zero-order chi connectivity index (χ0) is 23.0. The average molecular weight is 449 g/mol. The molecule has 7 nitrogen and oxygen atoms in total. The molecular formula is C23H32N2O5S. The van der Waals surface area contributed by atoms with Crippen molar-refractivity contribution in [3.05, 3.63) is 53.6 Å². The molecule has 31 heavy (non-hydrogen) atoms. The third-order valence-corrected chi connectivity index (χ3v) is 6.32. The van der Waals surface area contributed by atoms with Gasteiger partial charge in [0.15, 0.2) is 11.5 Å². The molecule has 1 N–H and O–H groups in total. The number of hydrogen-bond acceptors (Lipinski definition) is 5. The second-order valence-corrected chi connectivity index (χ2v) is 9.20. The first kappa shape index (κ1) is 24.5. The van der Waals surface area contributed by atoms with Gasteiger partial charge in [0.2, 0.25) is 15.9 Å². The SMILES string of the molecule is CCc1ccc(N([C@@H](C)C(=O)NCCCc2ccc(OC)c(OC)c2)S(C)(=O)=O)cc1. The van der Waals surface area contributed by atoms with Crippen molar-refractivity contribution < 1.29 is 22.7 Å². The Morgan fingerprint density at radius 2 is 1.65 bits per heavy atom. The van der Waals surface area contributed by atoms with Crippen LogP contribution < -0.4 is 19.1 Å². The predicted octanol–water partition coefficient (Wildman–Crippen LogP) is 3.17. The zero-order valence-corrected chi connectivity index (χ0v) is 19.7. The molecule has 0 aromatic heterocycles. The van der Waals surface area contributed by atoms with Gasteiger partial charge in [-0.15, -0.1) is 0 Å². The maximum absolute atomic E-state index is 12.7. The Labute approximate surface area is 185 Å². The number of carbonyl (C=O) groups excluding carboxylic acids is 1. The Bertz CT molecular complexity index is 974. The van der Waals surface area contributed by atoms with Crippen LogP contribution in [-0.2, 0) is 27.7 Å². The van der Waals surface area contributed by atoms with Crippen LogP contribution in [0.25, 0.3) is 0 Å². The summed E-state index contributed by atoms with van der Waals surface area (Å²) >= 11 is 0. The first-order chi connectivity index (χ1) is 14.7. The molecule has 2 aromatic carbocycles. The van der Waals surface area contributed by atoms with Crippen LogP contribution >= 0.6 is 0 Å². The minimum Gasteiger partial charge on any atom is -0.493 e. The van der Waals surface area contributed by atoms with E-state index in [4.69, 9.17) is 9.47 Å². The fourth-order valence-electron chi connectivity index (χ4n) is 3.38. The number of sulfonamides is 1. The van der Waals surface area contributed by atoms with E-state index in [0.717, 1.165) is 34.5 Å². The largest absolute Gasteiger partial charge is 0.493 e. The van der Waals surface area contributed by atoms with Crippen LogP contribution in [-0.4, -0.2) is 47.4 Å². The Kier molecular flexibility index (Phi) is 8.74. The molecule has 0 saturated heterocycles. The van der Waals surface area contributed by atoms with Gasteiger partial charge in [0.05, 0.1) is 26.2 Å². The molecule has 0 bridgehead atoms. The average Bonchev–Trinajstić information content (AvgIpc) is 2.75. The van der Waals surface area contributed by atoms with Crippen LogP contribution in [0.15, 0.2) is 42.5 Å². The maximum Gasteiger partial charge on any atom is 0.243 e. The molecule has 0 unspecified atom stereocenters. The number of hydrogen-bond donors (Lipinski definition) is 1. The van der Waals surface area contributed by atoms with Crippen LogP contribution in [0.4, 0.5) is 5.69 Å². The second-order valence-electron chi connectivity index (χ2n) is 7.34. The summed E-state index contributed by atoms with van der Waals surface area (Å²) in [5, 5.41) is 2.85. The van der Waals surface area contributed by atoms with Gasteiger partial charge in [0.25, 0.3) is 0 Å². The van der Waals surface area contributed by atoms with Gasteiger partial charge in [-0.1, -0.05) is 25.1 Å². The van der Waals surface area contributed by atoms with Crippen molar-refractivity contribution in [2.45, 2.75) is 39.2 Å². The number of anilines is 1. The lowest BCUT2D eigenvalue weighted by Crippen LogP contribution is -2.48. The molecule has 8 heteroatoms. The van der Waals surface area contributed by atoms with E-state index in [1.54, 1.807) is 33.3 Å². The molecule has 1 atom stereocenters. The highest BCUT2D eigenvalue weighted by molar-refractivity contribution is 7.92. The van der Waals surface area contributed by atoms with Crippen molar-refractivity contribution in [3.63, 3.8) is 0 Å². The zero-order valence-electron chi connectivity index (χ0n) is 18.8. The monoisotopic (exact) mass is 448 g/mol. The molecule has 170 valence electrons. The van der Waals surface area contributed by atoms with E-state index in [2.05, 4.69) is 5.32 Å². The van der Waals surface area contributed by atoms with E-state index in [1.807, 2.05) is 37.3 Å². The van der Waals surface area contributed by atoms with Crippen molar-refractivity contribution in [2.75, 3.05) is 31.3 Å². The van der Waals surface area contributed by atoms with Crippen LogP contribution in [0, 0.1) is 0 Å². The number of carbonyl (C=O) groups is 1. The summed E-state index contributed by atoms with van der Waals surface area (Å²) in [6.07, 6.45) is 3.41. The van der Waals surface area contributed by atoms with E-state index >= 15 is 0 Å². The quantitative estimate of drug-likeness (QED) is 0.534. The lowest BCUT2D eigenvalue weighted by Gasteiger charge is -2.28. The molecule has 0 saturated carbocycles. The van der Waals surface area contributed by atoms with E-state index in [0.29, 0.717) is 30.2 Å². The molecule has 0 heterocycles. The highest BCUT2D eigenvalue weighted by Crippen LogP contribution is 2.28. The second kappa shape index (κ2) is 11.0. The molecule has 0 aliphatic carbocycles. The first-order valence-corrected chi connectivity index (χ1v) is 12.1. The number of aryl methyl sites for hydroxylation is 2. The van der Waals surface area contributed by atoms with Gasteiger partial charge < -0.3 is 14.8 Å². The molecular weight excluding hydrogens is 416 g/mol. The van der Waals surface area contributed by atoms with E-state index in [-0.39, 0.29) is 5.91 Å². The van der Waals surface area contributed by atoms with Crippen molar-refractivity contribution in [1.29, 1.82) is 0 Å². The molecule has 0 fully saturated rings. The number of ether oxygens (including phenoxy) is 2. The van der Waals surface area contributed by atoms with Gasteiger partial charge >= 0.3 is 0 Å². The van der Waals surface area contributed by atoms with Crippen molar-refractivity contribution >= 4 is 21.6 Å². The van der Waals surface area contributed by atoms with E-state index < -0.39 is 16.1 Å². The molecule has 0 radical (unpaired) electrons. The van der Waals surface area contributed by atoms with Crippen LogP contribution in [0.3, 0.4) is 0 Å². The smallest absolute Gasteiger partial charge is 0.243 e. The molecule has 0 aliphatic heterocycles. The Morgan fingerprint density at radius 1 is 1.03 bits per heavy atom. The standard InChI is InChI=1S/C23H32N2O5S/c1-6-18-9-12-20(13-10-18)25(31(5,27)28)17(2)23(26)24-15-7-8-19-11-14-21(29-3)22(16-19)30-4/h9-14,16-17H,6-8,15H2,1-5H3,(H,24,26)/t17-/m0/s1. The maximum atomic E-state index is 12.7. The van der Waals surface area contributed by atoms with Gasteiger partial charge in [-0.25, -0.2) is 8.42 Å². The summed E-state index contributed by atoms with van der Waals surface area (Å²) < 4.78 is 36.5.